The van der Waals surface area contributed by atoms with Gasteiger partial charge in [0.25, 0.3) is 0 Å². The van der Waals surface area contributed by atoms with E-state index < -0.39 is 0 Å². The van der Waals surface area contributed by atoms with E-state index in [9.17, 15) is 0 Å². The molecule has 0 aromatic heterocycles. The number of hydrogen-bond donors (Lipinski definition) is 2. The third-order valence-electron chi connectivity index (χ3n) is 4.16. The van der Waals surface area contributed by atoms with Crippen LogP contribution in [0.25, 0.3) is 0 Å². The predicted octanol–water partition coefficient (Wildman–Crippen LogP) is 2.84. The number of aliphatic imine (C=N–C) groups is 1. The normalized spacial score (nSPS) is 22.0. The lowest BCUT2D eigenvalue weighted by Gasteiger charge is -2.34. The third kappa shape index (κ3) is 5.05. The Morgan fingerprint density at radius 2 is 2.14 bits per heavy atom. The van der Waals surface area contributed by atoms with Crippen molar-refractivity contribution in [3.05, 3.63) is 29.8 Å². The fraction of sp³-hybridized carbons (Fsp3) is 0.588. The molecule has 21 heavy (non-hydrogen) atoms. The van der Waals surface area contributed by atoms with Gasteiger partial charge in [-0.2, -0.15) is 0 Å². The first-order valence-electron chi connectivity index (χ1n) is 7.92. The highest BCUT2D eigenvalue weighted by Gasteiger charge is 2.20. The fourth-order valence-electron chi connectivity index (χ4n) is 2.80. The van der Waals surface area contributed by atoms with E-state index in [1.54, 1.807) is 0 Å². The number of rotatable bonds is 4. The summed E-state index contributed by atoms with van der Waals surface area (Å²) < 4.78 is 0. The number of guanidine groups is 1. The molecular formula is C17H28N4. The van der Waals surface area contributed by atoms with Crippen molar-refractivity contribution < 1.29 is 0 Å². The van der Waals surface area contributed by atoms with Gasteiger partial charge in [0.15, 0.2) is 5.96 Å². The summed E-state index contributed by atoms with van der Waals surface area (Å²) in [6, 6.07) is 8.62. The predicted molar refractivity (Wildman–Crippen MR) is 90.7 cm³/mol. The standard InChI is InChI=1S/C17H28N4/c1-13-6-8-16(9-7-13)20-17(18)19-11-15(3)21-10-4-5-14(2)12-21/h6-9,14-15H,4-5,10-12H2,1-3H3,(H3,18,19,20). The molecule has 0 saturated carbocycles. The average molecular weight is 288 g/mol. The highest BCUT2D eigenvalue weighted by molar-refractivity contribution is 5.92. The van der Waals surface area contributed by atoms with E-state index in [0.29, 0.717) is 12.0 Å². The zero-order valence-corrected chi connectivity index (χ0v) is 13.5. The number of hydrogen-bond acceptors (Lipinski definition) is 2. The number of anilines is 1. The van der Waals surface area contributed by atoms with E-state index in [1.165, 1.54) is 31.5 Å². The van der Waals surface area contributed by atoms with Crippen LogP contribution in [0, 0.1) is 12.8 Å². The second kappa shape index (κ2) is 7.46. The first kappa shape index (κ1) is 15.8. The molecule has 0 radical (unpaired) electrons. The quantitative estimate of drug-likeness (QED) is 0.661. The van der Waals surface area contributed by atoms with Gasteiger partial charge in [-0.15, -0.1) is 0 Å². The molecule has 2 rings (SSSR count). The van der Waals surface area contributed by atoms with Crippen LogP contribution in [0.2, 0.25) is 0 Å². The van der Waals surface area contributed by atoms with Gasteiger partial charge in [0.1, 0.15) is 0 Å². The monoisotopic (exact) mass is 288 g/mol. The lowest BCUT2D eigenvalue weighted by Crippen LogP contribution is -2.42. The van der Waals surface area contributed by atoms with Crippen molar-refractivity contribution in [1.82, 2.24) is 4.90 Å². The SMILES string of the molecule is Cc1ccc(NC(N)=NCC(C)N2CCCC(C)C2)cc1. The Balaban J connectivity index is 1.83. The summed E-state index contributed by atoms with van der Waals surface area (Å²) in [6.45, 7) is 9.75. The molecule has 2 atom stereocenters. The van der Waals surface area contributed by atoms with Gasteiger partial charge in [0, 0.05) is 18.3 Å². The van der Waals surface area contributed by atoms with Crippen LogP contribution in [0.4, 0.5) is 5.69 Å². The van der Waals surface area contributed by atoms with Crippen LogP contribution in [0.1, 0.15) is 32.3 Å². The van der Waals surface area contributed by atoms with Crippen molar-refractivity contribution in [2.75, 3.05) is 25.0 Å². The Morgan fingerprint density at radius 3 is 2.81 bits per heavy atom. The number of nitrogens with zero attached hydrogens (tertiary/aromatic N) is 2. The summed E-state index contributed by atoms with van der Waals surface area (Å²) in [5, 5.41) is 3.15. The van der Waals surface area contributed by atoms with E-state index in [-0.39, 0.29) is 0 Å². The minimum Gasteiger partial charge on any atom is -0.370 e. The number of likely N-dealkylation sites (tertiary alicyclic amines) is 1. The first-order chi connectivity index (χ1) is 10.0. The minimum absolute atomic E-state index is 0.450. The summed E-state index contributed by atoms with van der Waals surface area (Å²) in [5.74, 6) is 1.30. The molecule has 1 aromatic carbocycles. The molecular weight excluding hydrogens is 260 g/mol. The molecule has 3 N–H and O–H groups in total. The Morgan fingerprint density at radius 1 is 1.43 bits per heavy atom. The maximum atomic E-state index is 5.97. The van der Waals surface area contributed by atoms with Gasteiger partial charge in [0.05, 0.1) is 6.54 Å². The van der Waals surface area contributed by atoms with Gasteiger partial charge >= 0.3 is 0 Å². The molecule has 0 aliphatic carbocycles. The largest absolute Gasteiger partial charge is 0.370 e. The summed E-state index contributed by atoms with van der Waals surface area (Å²) in [4.78, 5) is 7.01. The van der Waals surface area contributed by atoms with Crippen molar-refractivity contribution in [3.63, 3.8) is 0 Å². The van der Waals surface area contributed by atoms with Crippen molar-refractivity contribution in [1.29, 1.82) is 0 Å². The molecule has 1 heterocycles. The van der Waals surface area contributed by atoms with Crippen LogP contribution in [0.3, 0.4) is 0 Å². The van der Waals surface area contributed by atoms with Crippen molar-refractivity contribution in [2.24, 2.45) is 16.6 Å². The minimum atomic E-state index is 0.450. The third-order valence-corrected chi connectivity index (χ3v) is 4.16. The van der Waals surface area contributed by atoms with Gasteiger partial charge in [0.2, 0.25) is 0 Å². The van der Waals surface area contributed by atoms with Crippen LogP contribution in [-0.2, 0) is 0 Å². The van der Waals surface area contributed by atoms with E-state index in [4.69, 9.17) is 5.73 Å². The van der Waals surface area contributed by atoms with Gasteiger partial charge in [-0.3, -0.25) is 9.89 Å². The van der Waals surface area contributed by atoms with Gasteiger partial charge in [-0.05, 0) is 51.3 Å². The molecule has 1 aromatic rings. The lowest BCUT2D eigenvalue weighted by molar-refractivity contribution is 0.142. The summed E-state index contributed by atoms with van der Waals surface area (Å²) in [7, 11) is 0. The highest BCUT2D eigenvalue weighted by Crippen LogP contribution is 2.17. The van der Waals surface area contributed by atoms with Crippen molar-refractivity contribution >= 4 is 11.6 Å². The molecule has 1 aliphatic rings. The molecule has 0 spiro atoms. The Hall–Kier alpha value is -1.55. The van der Waals surface area contributed by atoms with Crippen molar-refractivity contribution in [3.8, 4) is 0 Å². The number of benzene rings is 1. The molecule has 2 unspecified atom stereocenters. The van der Waals surface area contributed by atoms with Crippen molar-refractivity contribution in [2.45, 2.75) is 39.7 Å². The van der Waals surface area contributed by atoms with Crippen LogP contribution in [0.5, 0.6) is 0 Å². The molecule has 0 amide bonds. The van der Waals surface area contributed by atoms with E-state index in [2.05, 4.69) is 48.1 Å². The van der Waals surface area contributed by atoms with Crippen LogP contribution in [-0.4, -0.2) is 36.5 Å². The fourth-order valence-corrected chi connectivity index (χ4v) is 2.80. The Bertz CT molecular complexity index is 466. The summed E-state index contributed by atoms with van der Waals surface area (Å²) in [6.07, 6.45) is 2.65. The van der Waals surface area contributed by atoms with Crippen LogP contribution >= 0.6 is 0 Å². The van der Waals surface area contributed by atoms with Gasteiger partial charge < -0.3 is 11.1 Å². The first-order valence-corrected chi connectivity index (χ1v) is 7.92. The van der Waals surface area contributed by atoms with E-state index in [1.807, 2.05) is 12.1 Å². The molecule has 0 bridgehead atoms. The second-order valence-corrected chi connectivity index (χ2v) is 6.31. The molecule has 1 fully saturated rings. The number of nitrogens with two attached hydrogens (primary N) is 1. The Labute approximate surface area is 128 Å². The molecule has 1 aliphatic heterocycles. The number of nitrogens with one attached hydrogen (secondary N) is 1. The Kier molecular flexibility index (Phi) is 5.62. The molecule has 116 valence electrons. The zero-order chi connectivity index (χ0) is 15.2. The smallest absolute Gasteiger partial charge is 0.193 e. The van der Waals surface area contributed by atoms with Crippen LogP contribution < -0.4 is 11.1 Å². The van der Waals surface area contributed by atoms with Gasteiger partial charge in [-0.25, -0.2) is 0 Å². The topological polar surface area (TPSA) is 53.6 Å². The molecule has 4 nitrogen and oxygen atoms in total. The summed E-state index contributed by atoms with van der Waals surface area (Å²) >= 11 is 0. The zero-order valence-electron chi connectivity index (χ0n) is 13.5. The maximum Gasteiger partial charge on any atom is 0.193 e. The number of aryl methyl sites for hydroxylation is 1. The average Bonchev–Trinajstić information content (AvgIpc) is 2.47. The highest BCUT2D eigenvalue weighted by atomic mass is 15.2. The second-order valence-electron chi connectivity index (χ2n) is 6.31. The van der Waals surface area contributed by atoms with E-state index >= 15 is 0 Å². The maximum absolute atomic E-state index is 5.97. The van der Waals surface area contributed by atoms with Crippen LogP contribution in [0.15, 0.2) is 29.3 Å². The lowest BCUT2D eigenvalue weighted by atomic mass is 9.99. The summed E-state index contributed by atoms with van der Waals surface area (Å²) in [5.41, 5.74) is 8.20. The molecule has 4 heteroatoms. The molecule has 1 saturated heterocycles. The van der Waals surface area contributed by atoms with E-state index in [0.717, 1.165) is 18.2 Å². The van der Waals surface area contributed by atoms with Gasteiger partial charge in [-0.1, -0.05) is 24.6 Å². The number of piperidine rings is 1.